The molecule has 0 aromatic heterocycles. The fourth-order valence-corrected chi connectivity index (χ4v) is 2.37. The number of carbonyl (C=O) groups is 2. The van der Waals surface area contributed by atoms with E-state index in [1.165, 1.54) is 0 Å². The maximum absolute atomic E-state index is 12.2. The van der Waals surface area contributed by atoms with Crippen molar-refractivity contribution < 1.29 is 9.59 Å². The second-order valence-corrected chi connectivity index (χ2v) is 5.10. The van der Waals surface area contributed by atoms with Crippen LogP contribution in [0, 0.1) is 5.41 Å². The van der Waals surface area contributed by atoms with E-state index in [0.717, 1.165) is 12.8 Å². The van der Waals surface area contributed by atoms with Crippen molar-refractivity contribution in [2.45, 2.75) is 19.8 Å². The van der Waals surface area contributed by atoms with Gasteiger partial charge in [-0.25, -0.2) is 4.79 Å². The van der Waals surface area contributed by atoms with Gasteiger partial charge in [-0.05, 0) is 19.8 Å². The standard InChI is InChI=1S/C12H22N4O2/c1-2-14-11(18)16-7-5-15(6-8-16)10(17)12(9-13)3-4-12/h2-9,13H2,1H3,(H,14,18). The first-order valence-electron chi connectivity index (χ1n) is 6.65. The van der Waals surface area contributed by atoms with E-state index < -0.39 is 0 Å². The normalized spacial score (nSPS) is 21.7. The first-order chi connectivity index (χ1) is 8.63. The Bertz CT molecular complexity index is 333. The summed E-state index contributed by atoms with van der Waals surface area (Å²) in [6, 6.07) is -0.0374. The predicted molar refractivity (Wildman–Crippen MR) is 67.9 cm³/mol. The summed E-state index contributed by atoms with van der Waals surface area (Å²) in [6.45, 7) is 5.44. The molecule has 1 saturated carbocycles. The van der Waals surface area contributed by atoms with Gasteiger partial charge in [-0.3, -0.25) is 4.79 Å². The average molecular weight is 254 g/mol. The van der Waals surface area contributed by atoms with Crippen molar-refractivity contribution in [1.82, 2.24) is 15.1 Å². The summed E-state index contributed by atoms with van der Waals surface area (Å²) in [6.07, 6.45) is 1.83. The zero-order valence-corrected chi connectivity index (χ0v) is 10.9. The first-order valence-corrected chi connectivity index (χ1v) is 6.65. The highest BCUT2D eigenvalue weighted by atomic mass is 16.2. The van der Waals surface area contributed by atoms with E-state index in [1.54, 1.807) is 4.90 Å². The molecule has 1 heterocycles. The van der Waals surface area contributed by atoms with E-state index in [0.29, 0.717) is 39.3 Å². The van der Waals surface area contributed by atoms with E-state index in [4.69, 9.17) is 5.73 Å². The van der Waals surface area contributed by atoms with Gasteiger partial charge in [0.1, 0.15) is 0 Å². The minimum atomic E-state index is -0.270. The van der Waals surface area contributed by atoms with Crippen molar-refractivity contribution in [3.8, 4) is 0 Å². The molecule has 3 amide bonds. The van der Waals surface area contributed by atoms with Crippen molar-refractivity contribution in [3.05, 3.63) is 0 Å². The Kier molecular flexibility index (Phi) is 3.75. The van der Waals surface area contributed by atoms with Crippen LogP contribution in [0.5, 0.6) is 0 Å². The lowest BCUT2D eigenvalue weighted by Gasteiger charge is -2.36. The van der Waals surface area contributed by atoms with Crippen LogP contribution in [-0.4, -0.2) is 61.0 Å². The van der Waals surface area contributed by atoms with Crippen molar-refractivity contribution in [3.63, 3.8) is 0 Å². The minimum absolute atomic E-state index is 0.0374. The molecule has 0 atom stereocenters. The van der Waals surface area contributed by atoms with Gasteiger partial charge in [0.05, 0.1) is 5.41 Å². The number of hydrogen-bond acceptors (Lipinski definition) is 3. The number of nitrogens with two attached hydrogens (primary N) is 1. The van der Waals surface area contributed by atoms with Gasteiger partial charge in [0.2, 0.25) is 5.91 Å². The van der Waals surface area contributed by atoms with Gasteiger partial charge in [0.15, 0.2) is 0 Å². The molecule has 6 heteroatoms. The zero-order valence-electron chi connectivity index (χ0n) is 10.9. The summed E-state index contributed by atoms with van der Waals surface area (Å²) < 4.78 is 0. The number of urea groups is 1. The molecule has 0 aromatic carbocycles. The number of nitrogens with zero attached hydrogens (tertiary/aromatic N) is 2. The average Bonchev–Trinajstić information content (AvgIpc) is 3.19. The van der Waals surface area contributed by atoms with Crippen LogP contribution in [0.2, 0.25) is 0 Å². The zero-order chi connectivity index (χ0) is 13.2. The van der Waals surface area contributed by atoms with E-state index in [9.17, 15) is 9.59 Å². The van der Waals surface area contributed by atoms with Gasteiger partial charge in [0.25, 0.3) is 0 Å². The molecule has 0 unspecified atom stereocenters. The summed E-state index contributed by atoms with van der Waals surface area (Å²) in [5, 5.41) is 2.78. The van der Waals surface area contributed by atoms with Gasteiger partial charge in [-0.2, -0.15) is 0 Å². The molecule has 3 N–H and O–H groups in total. The van der Waals surface area contributed by atoms with Crippen LogP contribution in [0.25, 0.3) is 0 Å². The Morgan fingerprint density at radius 2 is 1.72 bits per heavy atom. The van der Waals surface area contributed by atoms with Gasteiger partial charge in [0, 0.05) is 39.3 Å². The Balaban J connectivity index is 1.83. The van der Waals surface area contributed by atoms with E-state index >= 15 is 0 Å². The summed E-state index contributed by atoms with van der Waals surface area (Å²) >= 11 is 0. The maximum atomic E-state index is 12.2. The summed E-state index contributed by atoms with van der Waals surface area (Å²) in [5.41, 5.74) is 5.40. The Morgan fingerprint density at radius 3 is 2.17 bits per heavy atom. The van der Waals surface area contributed by atoms with E-state index in [-0.39, 0.29) is 17.4 Å². The number of carbonyl (C=O) groups excluding carboxylic acids is 2. The van der Waals surface area contributed by atoms with E-state index in [2.05, 4.69) is 5.32 Å². The van der Waals surface area contributed by atoms with Crippen molar-refractivity contribution in [2.24, 2.45) is 11.1 Å². The number of nitrogens with one attached hydrogen (secondary N) is 1. The van der Waals surface area contributed by atoms with Crippen LogP contribution in [0.4, 0.5) is 4.79 Å². The molecule has 0 aromatic rings. The van der Waals surface area contributed by atoms with Crippen molar-refractivity contribution >= 4 is 11.9 Å². The molecule has 2 fully saturated rings. The molecule has 0 radical (unpaired) electrons. The quantitative estimate of drug-likeness (QED) is 0.719. The van der Waals surface area contributed by atoms with Crippen molar-refractivity contribution in [1.29, 1.82) is 0 Å². The molecular weight excluding hydrogens is 232 g/mol. The minimum Gasteiger partial charge on any atom is -0.339 e. The summed E-state index contributed by atoms with van der Waals surface area (Å²) in [7, 11) is 0. The van der Waals surface area contributed by atoms with Gasteiger partial charge < -0.3 is 20.9 Å². The highest BCUT2D eigenvalue weighted by Crippen LogP contribution is 2.46. The number of piperazine rings is 1. The second-order valence-electron chi connectivity index (χ2n) is 5.10. The first kappa shape index (κ1) is 13.1. The highest BCUT2D eigenvalue weighted by molar-refractivity contribution is 5.86. The van der Waals surface area contributed by atoms with Crippen LogP contribution >= 0.6 is 0 Å². The Labute approximate surface area is 107 Å². The van der Waals surface area contributed by atoms with Gasteiger partial charge in [-0.15, -0.1) is 0 Å². The largest absolute Gasteiger partial charge is 0.339 e. The molecule has 1 aliphatic heterocycles. The number of rotatable bonds is 3. The lowest BCUT2D eigenvalue weighted by Crippen LogP contribution is -2.55. The maximum Gasteiger partial charge on any atom is 0.317 e. The monoisotopic (exact) mass is 254 g/mol. The lowest BCUT2D eigenvalue weighted by molar-refractivity contribution is -0.138. The number of amides is 3. The number of hydrogen-bond donors (Lipinski definition) is 2. The van der Waals surface area contributed by atoms with Crippen LogP contribution in [0.3, 0.4) is 0 Å². The van der Waals surface area contributed by atoms with Crippen LogP contribution in [0.15, 0.2) is 0 Å². The van der Waals surface area contributed by atoms with Crippen LogP contribution in [0.1, 0.15) is 19.8 Å². The third-order valence-electron chi connectivity index (χ3n) is 3.88. The lowest BCUT2D eigenvalue weighted by atomic mass is 10.1. The fraction of sp³-hybridized carbons (Fsp3) is 0.833. The molecule has 0 spiro atoms. The van der Waals surface area contributed by atoms with Gasteiger partial charge >= 0.3 is 6.03 Å². The third-order valence-corrected chi connectivity index (χ3v) is 3.88. The predicted octanol–water partition coefficient (Wildman–Crippen LogP) is -0.401. The summed E-state index contributed by atoms with van der Waals surface area (Å²) in [4.78, 5) is 27.5. The molecule has 18 heavy (non-hydrogen) atoms. The highest BCUT2D eigenvalue weighted by Gasteiger charge is 2.50. The van der Waals surface area contributed by atoms with Crippen LogP contribution in [-0.2, 0) is 4.79 Å². The van der Waals surface area contributed by atoms with Crippen LogP contribution < -0.4 is 11.1 Å². The third kappa shape index (κ3) is 2.43. The smallest absolute Gasteiger partial charge is 0.317 e. The molecule has 102 valence electrons. The fourth-order valence-electron chi connectivity index (χ4n) is 2.37. The Hall–Kier alpha value is -1.30. The topological polar surface area (TPSA) is 78.7 Å². The van der Waals surface area contributed by atoms with Gasteiger partial charge in [-0.1, -0.05) is 0 Å². The molecule has 6 nitrogen and oxygen atoms in total. The Morgan fingerprint density at radius 1 is 1.17 bits per heavy atom. The molecule has 0 bridgehead atoms. The van der Waals surface area contributed by atoms with E-state index in [1.807, 2.05) is 11.8 Å². The summed E-state index contributed by atoms with van der Waals surface area (Å²) in [5.74, 6) is 0.181. The van der Waals surface area contributed by atoms with Crippen molar-refractivity contribution in [2.75, 3.05) is 39.3 Å². The molecule has 2 rings (SSSR count). The SMILES string of the molecule is CCNC(=O)N1CCN(C(=O)C2(CN)CC2)CC1. The molecule has 1 aliphatic carbocycles. The molecule has 2 aliphatic rings. The molecule has 1 saturated heterocycles. The second kappa shape index (κ2) is 5.14. The molecular formula is C12H22N4O2.